The molecule has 1 heterocycles. The number of ether oxygens (including phenoxy) is 2. The zero-order valence-corrected chi connectivity index (χ0v) is 23.6. The third kappa shape index (κ3) is 8.55. The van der Waals surface area contributed by atoms with E-state index in [0.29, 0.717) is 12.0 Å². The zero-order valence-electron chi connectivity index (χ0n) is 23.6. The molecule has 1 aliphatic heterocycles. The van der Waals surface area contributed by atoms with Crippen molar-refractivity contribution in [3.63, 3.8) is 0 Å². The monoisotopic (exact) mass is 546 g/mol. The van der Waals surface area contributed by atoms with E-state index < -0.39 is 41.9 Å². The minimum atomic E-state index is -0.991. The number of allylic oxidation sites excluding steroid dienone is 4. The molecule has 0 aromatic heterocycles. The Morgan fingerprint density at radius 2 is 1.79 bits per heavy atom. The molecule has 0 radical (unpaired) electrons. The number of Topliss-reactive ketones (excluding diaryl/α,β-unsaturated/α-hetero) is 1. The molecule has 1 amide bonds. The highest BCUT2D eigenvalue weighted by atomic mass is 16.5. The molecule has 216 valence electrons. The van der Waals surface area contributed by atoms with E-state index in [2.05, 4.69) is 10.6 Å². The lowest BCUT2D eigenvalue weighted by Gasteiger charge is -2.29. The fraction of sp³-hybridized carbons (Fsp3) is 0.552. The standard InChI is InChI=1S/C29H42N2O8/c1-16-12-20-25(30-10-11-32)22(33)15-21(28(20)36)31-29(37)17(2)8-7-9-23(38-5)26(34)18(3)14-19(4)27(35)24(13-16)39-6/h7-9,14-16,19,23-24,26-27,30,32,34-35H,10-13H2,1-6H3,(H,31,37)/b9-7-,17-8+,18-14+/t16-,19+,23+,24+,26+,27-/m1/s1. The number of fused-ring (bicyclic) bond motifs is 2. The van der Waals surface area contributed by atoms with Gasteiger partial charge in [0.1, 0.15) is 12.2 Å². The molecule has 0 saturated carbocycles. The van der Waals surface area contributed by atoms with Crippen LogP contribution < -0.4 is 10.6 Å². The number of carbonyl (C=O) groups excluding carboxylic acids is 3. The van der Waals surface area contributed by atoms with Crippen molar-refractivity contribution in [1.29, 1.82) is 0 Å². The summed E-state index contributed by atoms with van der Waals surface area (Å²) in [6.45, 7) is 6.85. The molecule has 0 fully saturated rings. The maximum absolute atomic E-state index is 13.4. The van der Waals surface area contributed by atoms with E-state index in [4.69, 9.17) is 9.47 Å². The number of carbonyl (C=O) groups is 3. The van der Waals surface area contributed by atoms with Crippen LogP contribution in [0.1, 0.15) is 40.5 Å². The van der Waals surface area contributed by atoms with E-state index >= 15 is 0 Å². The number of hydrogen-bond acceptors (Lipinski definition) is 9. The summed E-state index contributed by atoms with van der Waals surface area (Å²) in [5, 5.41) is 36.6. The average Bonchev–Trinajstić information content (AvgIpc) is 2.90. The molecule has 0 aromatic carbocycles. The largest absolute Gasteiger partial charge is 0.395 e. The van der Waals surface area contributed by atoms with Crippen molar-refractivity contribution in [1.82, 2.24) is 10.6 Å². The third-order valence-corrected chi connectivity index (χ3v) is 6.99. The Morgan fingerprint density at radius 3 is 2.41 bits per heavy atom. The van der Waals surface area contributed by atoms with Gasteiger partial charge in [-0.15, -0.1) is 0 Å². The van der Waals surface area contributed by atoms with Crippen molar-refractivity contribution in [2.45, 2.75) is 65.0 Å². The number of ketones is 2. The lowest BCUT2D eigenvalue weighted by molar-refractivity contribution is -0.120. The van der Waals surface area contributed by atoms with Crippen LogP contribution in [0.15, 0.2) is 58.5 Å². The Morgan fingerprint density at radius 1 is 1.10 bits per heavy atom. The second-order valence-electron chi connectivity index (χ2n) is 10.2. The molecule has 6 atom stereocenters. The van der Waals surface area contributed by atoms with Gasteiger partial charge in [0.05, 0.1) is 30.2 Å². The average molecular weight is 547 g/mol. The Hall–Kier alpha value is -2.89. The van der Waals surface area contributed by atoms with Crippen molar-refractivity contribution >= 4 is 17.5 Å². The van der Waals surface area contributed by atoms with Crippen molar-refractivity contribution in [3.8, 4) is 0 Å². The molecule has 0 unspecified atom stereocenters. The summed E-state index contributed by atoms with van der Waals surface area (Å²) in [7, 11) is 2.95. The van der Waals surface area contributed by atoms with Crippen molar-refractivity contribution in [3.05, 3.63) is 58.5 Å². The number of hydrogen-bond donors (Lipinski definition) is 5. The SMILES string of the molecule is CO[C@H]1/C=C\C=C(/C)C(=O)NC2=CC(=O)C(NCCO)=C(C[C@@H](C)C[C@H](OC)[C@H](O)[C@@H](C)/C=C(\C)[C@@H]1O)C2=O. The second kappa shape index (κ2) is 15.0. The van der Waals surface area contributed by atoms with Gasteiger partial charge < -0.3 is 35.4 Å². The first kappa shape index (κ1) is 32.3. The molecule has 39 heavy (non-hydrogen) atoms. The predicted octanol–water partition coefficient (Wildman–Crippen LogP) is 1.24. The molecule has 0 spiro atoms. The number of nitrogens with one attached hydrogen (secondary N) is 2. The van der Waals surface area contributed by atoms with Crippen LogP contribution in [-0.2, 0) is 23.9 Å². The van der Waals surface area contributed by atoms with Gasteiger partial charge in [0.2, 0.25) is 11.6 Å². The molecular weight excluding hydrogens is 504 g/mol. The molecular formula is C29H42N2O8. The van der Waals surface area contributed by atoms with E-state index in [0.717, 1.165) is 6.08 Å². The first-order valence-corrected chi connectivity index (χ1v) is 13.1. The van der Waals surface area contributed by atoms with Gasteiger partial charge >= 0.3 is 0 Å². The van der Waals surface area contributed by atoms with Gasteiger partial charge in [0, 0.05) is 43.9 Å². The summed E-state index contributed by atoms with van der Waals surface area (Å²) in [6.07, 6.45) is 4.86. The summed E-state index contributed by atoms with van der Waals surface area (Å²) in [4.78, 5) is 39.2. The predicted molar refractivity (Wildman–Crippen MR) is 146 cm³/mol. The van der Waals surface area contributed by atoms with Crippen LogP contribution in [0.3, 0.4) is 0 Å². The van der Waals surface area contributed by atoms with Crippen LogP contribution >= 0.6 is 0 Å². The van der Waals surface area contributed by atoms with Gasteiger partial charge in [-0.1, -0.05) is 38.2 Å². The fourth-order valence-electron chi connectivity index (χ4n) is 4.69. The Labute approximate surface area is 230 Å². The van der Waals surface area contributed by atoms with Crippen LogP contribution in [0.25, 0.3) is 0 Å². The van der Waals surface area contributed by atoms with Gasteiger partial charge in [-0.2, -0.15) is 0 Å². The highest BCUT2D eigenvalue weighted by molar-refractivity contribution is 6.23. The van der Waals surface area contributed by atoms with Crippen LogP contribution in [0.2, 0.25) is 0 Å². The lowest BCUT2D eigenvalue weighted by Crippen LogP contribution is -2.37. The molecule has 0 saturated heterocycles. The lowest BCUT2D eigenvalue weighted by atomic mass is 9.85. The molecule has 10 nitrogen and oxygen atoms in total. The third-order valence-electron chi connectivity index (χ3n) is 6.99. The number of aliphatic hydroxyl groups excluding tert-OH is 3. The zero-order chi connectivity index (χ0) is 29.3. The van der Waals surface area contributed by atoms with Crippen LogP contribution in [0, 0.1) is 11.8 Å². The minimum Gasteiger partial charge on any atom is -0.395 e. The van der Waals surface area contributed by atoms with Gasteiger partial charge in [0.25, 0.3) is 5.91 Å². The topological polar surface area (TPSA) is 154 Å². The van der Waals surface area contributed by atoms with E-state index in [1.165, 1.54) is 20.3 Å². The van der Waals surface area contributed by atoms with E-state index in [1.807, 2.05) is 13.8 Å². The number of rotatable bonds is 5. The highest BCUT2D eigenvalue weighted by Gasteiger charge is 2.33. The van der Waals surface area contributed by atoms with E-state index in [1.54, 1.807) is 32.1 Å². The molecule has 1 aliphatic carbocycles. The van der Waals surface area contributed by atoms with Gasteiger partial charge in [0.15, 0.2) is 0 Å². The minimum absolute atomic E-state index is 0.0763. The number of amides is 1. The first-order chi connectivity index (χ1) is 18.4. The Balaban J connectivity index is 2.55. The van der Waals surface area contributed by atoms with Crippen LogP contribution in [0.4, 0.5) is 0 Å². The maximum atomic E-state index is 13.4. The molecule has 10 heteroatoms. The van der Waals surface area contributed by atoms with Gasteiger partial charge in [-0.3, -0.25) is 14.4 Å². The van der Waals surface area contributed by atoms with Crippen molar-refractivity contribution in [2.24, 2.45) is 11.8 Å². The smallest absolute Gasteiger partial charge is 0.251 e. The van der Waals surface area contributed by atoms with Gasteiger partial charge in [-0.05, 0) is 38.2 Å². The van der Waals surface area contributed by atoms with Gasteiger partial charge in [-0.25, -0.2) is 0 Å². The van der Waals surface area contributed by atoms with E-state index in [-0.39, 0.29) is 53.9 Å². The summed E-state index contributed by atoms with van der Waals surface area (Å²) < 4.78 is 11.0. The summed E-state index contributed by atoms with van der Waals surface area (Å²) in [5.41, 5.74) is 1.01. The fourth-order valence-corrected chi connectivity index (χ4v) is 4.69. The van der Waals surface area contributed by atoms with Crippen molar-refractivity contribution in [2.75, 3.05) is 27.4 Å². The number of methoxy groups -OCH3 is 2. The molecule has 2 bridgehead atoms. The summed E-state index contributed by atoms with van der Waals surface area (Å²) >= 11 is 0. The number of aliphatic hydroxyl groups is 3. The maximum Gasteiger partial charge on any atom is 0.251 e. The van der Waals surface area contributed by atoms with Crippen LogP contribution in [0.5, 0.6) is 0 Å². The van der Waals surface area contributed by atoms with Crippen LogP contribution in [-0.4, -0.2) is 84.6 Å². The first-order valence-electron chi connectivity index (χ1n) is 13.1. The Kier molecular flexibility index (Phi) is 12.5. The summed E-state index contributed by atoms with van der Waals surface area (Å²) in [6, 6.07) is 0. The Bertz CT molecular complexity index is 1070. The summed E-state index contributed by atoms with van der Waals surface area (Å²) in [5.74, 6) is -2.13. The second-order valence-corrected chi connectivity index (χ2v) is 10.2. The molecule has 2 aliphatic rings. The van der Waals surface area contributed by atoms with E-state index in [9.17, 15) is 29.7 Å². The molecule has 0 aromatic rings. The normalized spacial score (nSPS) is 33.5. The highest BCUT2D eigenvalue weighted by Crippen LogP contribution is 2.28. The quantitative estimate of drug-likeness (QED) is 0.253. The molecule has 2 rings (SSSR count). The molecule has 5 N–H and O–H groups in total. The van der Waals surface area contributed by atoms with Crippen molar-refractivity contribution < 1.29 is 39.2 Å².